The first kappa shape index (κ1) is 16.6. The van der Waals surface area contributed by atoms with Gasteiger partial charge in [0.15, 0.2) is 5.82 Å². The molecule has 0 aliphatic heterocycles. The lowest BCUT2D eigenvalue weighted by Gasteiger charge is -2.09. The number of nitrogens with one attached hydrogen (secondary N) is 3. The minimum atomic E-state index is -4.42. The van der Waals surface area contributed by atoms with E-state index in [-0.39, 0.29) is 23.3 Å². The van der Waals surface area contributed by atoms with Crippen molar-refractivity contribution < 1.29 is 22.7 Å². The summed E-state index contributed by atoms with van der Waals surface area (Å²) in [4.78, 5) is 17.7. The number of ether oxygens (including phenoxy) is 1. The van der Waals surface area contributed by atoms with Crippen LogP contribution in [0.1, 0.15) is 17.4 Å². The van der Waals surface area contributed by atoms with Gasteiger partial charge in [0.2, 0.25) is 5.28 Å². The maximum Gasteiger partial charge on any atom is 0.405 e. The summed E-state index contributed by atoms with van der Waals surface area (Å²) in [6.07, 6.45) is -4.42. The van der Waals surface area contributed by atoms with Crippen LogP contribution in [0.3, 0.4) is 0 Å². The molecule has 1 aromatic heterocycles. The predicted octanol–water partition coefficient (Wildman–Crippen LogP) is 1.80. The normalized spacial score (nSPS) is 11.4. The van der Waals surface area contributed by atoms with Crippen molar-refractivity contribution in [3.05, 3.63) is 11.0 Å². The van der Waals surface area contributed by atoms with Crippen molar-refractivity contribution in [3.8, 4) is 0 Å². The minimum Gasteiger partial charge on any atom is -0.380 e. The van der Waals surface area contributed by atoms with E-state index in [1.807, 2.05) is 5.32 Å². The van der Waals surface area contributed by atoms with Crippen molar-refractivity contribution in [2.24, 2.45) is 0 Å². The van der Waals surface area contributed by atoms with Crippen LogP contribution >= 0.6 is 11.6 Å². The summed E-state index contributed by atoms with van der Waals surface area (Å²) in [5, 5.41) is 4.31. The number of imidazole rings is 1. The lowest BCUT2D eigenvalue weighted by Crippen LogP contribution is -2.29. The molecule has 0 saturated heterocycles. The number of carbonyl (C=O) groups is 1. The average Bonchev–Trinajstić information content (AvgIpc) is 2.72. The fourth-order valence-corrected chi connectivity index (χ4v) is 1.47. The zero-order chi connectivity index (χ0) is 15.2. The largest absolute Gasteiger partial charge is 0.405 e. The van der Waals surface area contributed by atoms with Crippen molar-refractivity contribution in [1.82, 2.24) is 15.3 Å². The molecule has 6 nitrogen and oxygen atoms in total. The second-order valence-electron chi connectivity index (χ2n) is 3.67. The molecule has 1 amide bonds. The molecule has 0 aromatic carbocycles. The fraction of sp³-hybridized carbons (Fsp3) is 0.600. The first-order valence-electron chi connectivity index (χ1n) is 5.75. The second-order valence-corrected chi connectivity index (χ2v) is 4.03. The summed E-state index contributed by atoms with van der Waals surface area (Å²) < 4.78 is 41.4. The minimum absolute atomic E-state index is 0.157. The molecule has 0 aliphatic carbocycles. The highest BCUT2D eigenvalue weighted by Gasteiger charge is 2.28. The number of aromatic nitrogens is 2. The number of anilines is 1. The van der Waals surface area contributed by atoms with Gasteiger partial charge in [-0.2, -0.15) is 13.2 Å². The number of hydrogen-bond donors (Lipinski definition) is 3. The molecule has 10 heteroatoms. The van der Waals surface area contributed by atoms with Crippen LogP contribution in [0.25, 0.3) is 0 Å². The van der Waals surface area contributed by atoms with Crippen LogP contribution in [-0.4, -0.2) is 48.4 Å². The third-order valence-electron chi connectivity index (χ3n) is 2.09. The summed E-state index contributed by atoms with van der Waals surface area (Å²) in [7, 11) is 0. The van der Waals surface area contributed by atoms with E-state index in [1.54, 1.807) is 6.92 Å². The van der Waals surface area contributed by atoms with Crippen LogP contribution in [-0.2, 0) is 4.74 Å². The Bertz CT molecular complexity index is 450. The standard InChI is InChI=1S/C10H14ClF3N4O2/c1-2-20-4-3-15-8(19)6-7(18-9(11)17-6)16-5-10(12,13)14/h16H,2-5H2,1H3,(H,15,19)(H,17,18). The molecule has 0 radical (unpaired) electrons. The first-order chi connectivity index (χ1) is 9.33. The van der Waals surface area contributed by atoms with Crippen molar-refractivity contribution in [3.63, 3.8) is 0 Å². The Morgan fingerprint density at radius 1 is 1.50 bits per heavy atom. The molecule has 1 rings (SSSR count). The van der Waals surface area contributed by atoms with E-state index in [4.69, 9.17) is 16.3 Å². The van der Waals surface area contributed by atoms with E-state index in [0.717, 1.165) is 0 Å². The maximum absolute atomic E-state index is 12.1. The smallest absolute Gasteiger partial charge is 0.380 e. The monoisotopic (exact) mass is 314 g/mol. The lowest BCUT2D eigenvalue weighted by atomic mass is 10.4. The summed E-state index contributed by atoms with van der Waals surface area (Å²) in [5.41, 5.74) is -0.157. The van der Waals surface area contributed by atoms with Gasteiger partial charge < -0.3 is 20.4 Å². The van der Waals surface area contributed by atoms with Crippen LogP contribution in [0.4, 0.5) is 19.0 Å². The molecule has 1 aromatic rings. The molecule has 1 heterocycles. The summed E-state index contributed by atoms with van der Waals surface area (Å²) >= 11 is 5.55. The maximum atomic E-state index is 12.1. The molecule has 0 atom stereocenters. The lowest BCUT2D eigenvalue weighted by molar-refractivity contribution is -0.115. The highest BCUT2D eigenvalue weighted by Crippen LogP contribution is 2.19. The van der Waals surface area contributed by atoms with E-state index in [1.165, 1.54) is 0 Å². The van der Waals surface area contributed by atoms with Crippen LogP contribution in [0.15, 0.2) is 0 Å². The van der Waals surface area contributed by atoms with Crippen molar-refractivity contribution >= 4 is 23.3 Å². The van der Waals surface area contributed by atoms with Gasteiger partial charge in [0.05, 0.1) is 6.61 Å². The van der Waals surface area contributed by atoms with Gasteiger partial charge in [0.25, 0.3) is 5.91 Å². The molecule has 0 saturated carbocycles. The SMILES string of the molecule is CCOCCNC(=O)c1[nH]c(Cl)nc1NCC(F)(F)F. The Morgan fingerprint density at radius 2 is 2.20 bits per heavy atom. The molecule has 0 spiro atoms. The second kappa shape index (κ2) is 7.34. The number of hydrogen-bond acceptors (Lipinski definition) is 4. The molecular weight excluding hydrogens is 301 g/mol. The van der Waals surface area contributed by atoms with E-state index in [2.05, 4.69) is 15.3 Å². The van der Waals surface area contributed by atoms with E-state index >= 15 is 0 Å². The van der Waals surface area contributed by atoms with E-state index in [9.17, 15) is 18.0 Å². The third-order valence-corrected chi connectivity index (χ3v) is 2.27. The van der Waals surface area contributed by atoms with Crippen molar-refractivity contribution in [1.29, 1.82) is 0 Å². The summed E-state index contributed by atoms with van der Waals surface area (Å²) in [6.45, 7) is 1.52. The number of H-pyrrole nitrogens is 1. The third kappa shape index (κ3) is 5.66. The number of rotatable bonds is 7. The van der Waals surface area contributed by atoms with Crippen molar-refractivity contribution in [2.75, 3.05) is 31.6 Å². The van der Waals surface area contributed by atoms with Crippen LogP contribution in [0.2, 0.25) is 5.28 Å². The Balaban J connectivity index is 2.62. The Hall–Kier alpha value is -1.48. The van der Waals surface area contributed by atoms with Crippen molar-refractivity contribution in [2.45, 2.75) is 13.1 Å². The molecule has 3 N–H and O–H groups in total. The summed E-state index contributed by atoms with van der Waals surface area (Å²) in [6, 6.07) is 0. The van der Waals surface area contributed by atoms with E-state index in [0.29, 0.717) is 13.2 Å². The number of amides is 1. The number of nitrogens with zero attached hydrogens (tertiary/aromatic N) is 1. The van der Waals surface area contributed by atoms with Gasteiger partial charge in [-0.25, -0.2) is 4.98 Å². The van der Waals surface area contributed by atoms with Gasteiger partial charge >= 0.3 is 6.18 Å². The predicted molar refractivity (Wildman–Crippen MR) is 67.0 cm³/mol. The zero-order valence-corrected chi connectivity index (χ0v) is 11.4. The van der Waals surface area contributed by atoms with Crippen LogP contribution < -0.4 is 10.6 Å². The molecule has 0 aliphatic rings. The van der Waals surface area contributed by atoms with E-state index < -0.39 is 18.6 Å². The van der Waals surface area contributed by atoms with Gasteiger partial charge in [0.1, 0.15) is 12.2 Å². The van der Waals surface area contributed by atoms with Gasteiger partial charge in [-0.1, -0.05) is 0 Å². The quantitative estimate of drug-likeness (QED) is 0.671. The molecule has 114 valence electrons. The summed E-state index contributed by atoms with van der Waals surface area (Å²) in [5.74, 6) is -0.866. The molecule has 0 fully saturated rings. The zero-order valence-electron chi connectivity index (χ0n) is 10.6. The average molecular weight is 315 g/mol. The Morgan fingerprint density at radius 3 is 2.80 bits per heavy atom. The number of halogens is 4. The van der Waals surface area contributed by atoms with Gasteiger partial charge in [-0.05, 0) is 18.5 Å². The van der Waals surface area contributed by atoms with Crippen LogP contribution in [0.5, 0.6) is 0 Å². The highest BCUT2D eigenvalue weighted by atomic mass is 35.5. The topological polar surface area (TPSA) is 79.0 Å². The first-order valence-corrected chi connectivity index (χ1v) is 6.13. The molecule has 0 bridgehead atoms. The van der Waals surface area contributed by atoms with Gasteiger partial charge in [-0.15, -0.1) is 0 Å². The van der Waals surface area contributed by atoms with Gasteiger partial charge in [0, 0.05) is 13.2 Å². The molecule has 20 heavy (non-hydrogen) atoms. The Labute approximate surface area is 118 Å². The number of alkyl halides is 3. The Kier molecular flexibility index (Phi) is 6.08. The fourth-order valence-electron chi connectivity index (χ4n) is 1.29. The van der Waals surface area contributed by atoms with Crippen LogP contribution in [0, 0.1) is 0 Å². The highest BCUT2D eigenvalue weighted by molar-refractivity contribution is 6.28. The number of aromatic amines is 1. The molecule has 0 unspecified atom stereocenters. The molecular formula is C10H14ClF3N4O2. The van der Waals surface area contributed by atoms with Gasteiger partial charge in [-0.3, -0.25) is 4.79 Å². The number of carbonyl (C=O) groups excluding carboxylic acids is 1.